The monoisotopic (exact) mass is 551 g/mol. The Kier molecular flexibility index (Phi) is 7.27. The minimum absolute atomic E-state index is 0.130. The summed E-state index contributed by atoms with van der Waals surface area (Å²) in [7, 11) is 0. The van der Waals surface area contributed by atoms with Crippen LogP contribution in [0, 0.1) is 56.7 Å². The van der Waals surface area contributed by atoms with Crippen LogP contribution in [0.1, 0.15) is 119 Å². The van der Waals surface area contributed by atoms with Gasteiger partial charge in [0, 0.05) is 5.41 Å². The van der Waals surface area contributed by atoms with Crippen molar-refractivity contribution in [2.24, 2.45) is 61.8 Å². The number of oxime groups is 1. The first-order valence-corrected chi connectivity index (χ1v) is 16.0. The van der Waals surface area contributed by atoms with E-state index in [2.05, 4.69) is 59.9 Å². The molecule has 5 rings (SSSR count). The van der Waals surface area contributed by atoms with Crippen molar-refractivity contribution in [3.8, 4) is 0 Å². The number of carboxylic acids is 1. The summed E-state index contributed by atoms with van der Waals surface area (Å²) in [4.78, 5) is 30.5. The van der Waals surface area contributed by atoms with E-state index >= 15 is 0 Å². The van der Waals surface area contributed by atoms with Crippen molar-refractivity contribution in [3.63, 3.8) is 0 Å². The predicted octanol–water partition coefficient (Wildman–Crippen LogP) is 8.59. The first-order chi connectivity index (χ1) is 18.7. The van der Waals surface area contributed by atoms with Gasteiger partial charge in [0.1, 0.15) is 0 Å². The van der Waals surface area contributed by atoms with Gasteiger partial charge in [0.05, 0.1) is 17.5 Å². The number of aliphatic carboxylic acids is 1. The number of fused-ring (bicyclic) bond motifs is 7. The first kappa shape index (κ1) is 29.6. The van der Waals surface area contributed by atoms with E-state index in [4.69, 9.17) is 4.84 Å². The van der Waals surface area contributed by atoms with E-state index in [1.54, 1.807) is 6.08 Å². The van der Waals surface area contributed by atoms with E-state index in [1.807, 2.05) is 0 Å². The molecule has 5 nitrogen and oxygen atoms in total. The third-order valence-electron chi connectivity index (χ3n) is 14.1. The normalized spacial score (nSPS) is 46.4. The van der Waals surface area contributed by atoms with Gasteiger partial charge in [-0.25, -0.2) is 4.79 Å². The lowest BCUT2D eigenvalue weighted by molar-refractivity contribution is -0.230. The van der Waals surface area contributed by atoms with Crippen molar-refractivity contribution in [1.29, 1.82) is 0 Å². The Morgan fingerprint density at radius 2 is 1.70 bits per heavy atom. The lowest BCUT2D eigenvalue weighted by Crippen LogP contribution is -2.66. The highest BCUT2D eigenvalue weighted by Crippen LogP contribution is 2.77. The molecule has 0 radical (unpaired) electrons. The molecule has 0 spiro atoms. The Morgan fingerprint density at radius 3 is 2.35 bits per heavy atom. The van der Waals surface area contributed by atoms with Crippen LogP contribution in [0.5, 0.6) is 0 Å². The number of hydrogen-bond acceptors (Lipinski definition) is 4. The number of rotatable bonds is 6. The molecule has 0 aliphatic heterocycles. The zero-order valence-corrected chi connectivity index (χ0v) is 26.0. The molecule has 0 aromatic rings. The van der Waals surface area contributed by atoms with Crippen molar-refractivity contribution >= 4 is 17.7 Å². The molecule has 1 N–H and O–H groups in total. The van der Waals surface area contributed by atoms with Crippen LogP contribution in [-0.2, 0) is 14.4 Å². The highest BCUT2D eigenvalue weighted by molar-refractivity contribution is 5.91. The van der Waals surface area contributed by atoms with Crippen LogP contribution in [0.25, 0.3) is 0 Å². The van der Waals surface area contributed by atoms with Gasteiger partial charge in [-0.3, -0.25) is 4.79 Å². The van der Waals surface area contributed by atoms with Crippen LogP contribution in [0.3, 0.4) is 0 Å². The fourth-order valence-corrected chi connectivity index (χ4v) is 11.9. The Bertz CT molecular complexity index is 1120. The van der Waals surface area contributed by atoms with Crippen LogP contribution in [0.4, 0.5) is 0 Å². The molecule has 0 aromatic heterocycles. The summed E-state index contributed by atoms with van der Waals surface area (Å²) in [5.41, 5.74) is 2.00. The van der Waals surface area contributed by atoms with E-state index in [1.165, 1.54) is 18.4 Å². The van der Waals surface area contributed by atoms with Crippen LogP contribution in [-0.4, -0.2) is 22.8 Å². The van der Waals surface area contributed by atoms with Crippen LogP contribution < -0.4 is 0 Å². The molecule has 222 valence electrons. The van der Waals surface area contributed by atoms with Crippen molar-refractivity contribution in [1.82, 2.24) is 0 Å². The highest BCUT2D eigenvalue weighted by atomic mass is 16.7. The molecule has 0 aromatic carbocycles. The number of hydrogen-bond donors (Lipinski definition) is 1. The largest absolute Gasteiger partial charge is 0.481 e. The summed E-state index contributed by atoms with van der Waals surface area (Å²) in [6.07, 6.45) is 12.8. The summed E-state index contributed by atoms with van der Waals surface area (Å²) >= 11 is 0. The molecule has 0 heterocycles. The number of nitrogens with zero attached hydrogens (tertiary/aromatic N) is 1. The van der Waals surface area contributed by atoms with Gasteiger partial charge in [-0.05, 0) is 123 Å². The fraction of sp³-hybridized carbons (Fsp3) is 0.800. The molecule has 0 amide bonds. The second-order valence-corrected chi connectivity index (χ2v) is 15.7. The van der Waals surface area contributed by atoms with Crippen LogP contribution in [0.2, 0.25) is 0 Å². The van der Waals surface area contributed by atoms with Crippen LogP contribution in [0.15, 0.2) is 30.0 Å². The Labute approximate surface area is 242 Å². The number of allylic oxidation sites excluding steroid dienone is 2. The van der Waals surface area contributed by atoms with Crippen molar-refractivity contribution in [3.05, 3.63) is 24.8 Å². The topological polar surface area (TPSA) is 76.0 Å². The fourth-order valence-electron chi connectivity index (χ4n) is 11.9. The minimum Gasteiger partial charge on any atom is -0.481 e. The summed E-state index contributed by atoms with van der Waals surface area (Å²) in [6, 6.07) is 0. The minimum atomic E-state index is -0.570. The van der Waals surface area contributed by atoms with Crippen molar-refractivity contribution in [2.75, 3.05) is 0 Å². The van der Waals surface area contributed by atoms with E-state index in [-0.39, 0.29) is 33.5 Å². The van der Waals surface area contributed by atoms with Gasteiger partial charge in [-0.2, -0.15) is 0 Å². The molecule has 5 aliphatic carbocycles. The van der Waals surface area contributed by atoms with Gasteiger partial charge in [0.15, 0.2) is 0 Å². The maximum Gasteiger partial charge on any atom is 0.335 e. The Hall–Kier alpha value is -1.91. The van der Waals surface area contributed by atoms with Crippen molar-refractivity contribution in [2.45, 2.75) is 119 Å². The molecule has 5 aliphatic rings. The van der Waals surface area contributed by atoms with Gasteiger partial charge in [0.25, 0.3) is 0 Å². The lowest BCUT2D eigenvalue weighted by Gasteiger charge is -2.72. The van der Waals surface area contributed by atoms with Crippen LogP contribution >= 0.6 is 0 Å². The third-order valence-corrected chi connectivity index (χ3v) is 14.1. The second kappa shape index (κ2) is 9.83. The zero-order chi connectivity index (χ0) is 29.3. The number of carbonyl (C=O) groups excluding carboxylic acids is 1. The van der Waals surface area contributed by atoms with Gasteiger partial charge in [0.2, 0.25) is 0 Å². The van der Waals surface area contributed by atoms with E-state index in [0.29, 0.717) is 36.5 Å². The molecule has 0 bridgehead atoms. The molecule has 40 heavy (non-hydrogen) atoms. The van der Waals surface area contributed by atoms with Gasteiger partial charge in [-0.1, -0.05) is 58.0 Å². The summed E-state index contributed by atoms with van der Waals surface area (Å²) in [5.74, 6) is 1.21. The molecular formula is C35H53NO4. The highest BCUT2D eigenvalue weighted by Gasteiger charge is 2.71. The summed E-state index contributed by atoms with van der Waals surface area (Å²) in [5, 5.41) is 15.1. The predicted molar refractivity (Wildman–Crippen MR) is 160 cm³/mol. The zero-order valence-electron chi connectivity index (χ0n) is 26.0. The summed E-state index contributed by atoms with van der Waals surface area (Å²) in [6.45, 7) is 22.5. The quantitative estimate of drug-likeness (QED) is 0.204. The Balaban J connectivity index is 1.45. The van der Waals surface area contributed by atoms with Gasteiger partial charge in [-0.15, -0.1) is 6.58 Å². The maximum atomic E-state index is 12.9. The first-order valence-electron chi connectivity index (χ1n) is 16.0. The van der Waals surface area contributed by atoms with E-state index in [9.17, 15) is 14.7 Å². The third kappa shape index (κ3) is 3.95. The summed E-state index contributed by atoms with van der Waals surface area (Å²) < 4.78 is 0. The lowest BCUT2D eigenvalue weighted by atomic mass is 9.32. The Morgan fingerprint density at radius 1 is 0.975 bits per heavy atom. The second-order valence-electron chi connectivity index (χ2n) is 15.7. The van der Waals surface area contributed by atoms with Crippen molar-refractivity contribution < 1.29 is 19.5 Å². The standard InChI is InChI=1S/C35H53NO4/c1-9-10-11-28(37)40-36-27-16-17-32(6)25(31(27,4)5)15-18-34(8)26(32)13-12-24-29-23(22(2)3)14-19-35(29,30(38)39)21-20-33(24,34)7/h9,23-26,29H,1-2,10-21H2,3-8H3,(H,38,39)/b36-27+/t23-,24+,25-,26+,29+,32-,33+,34+,35-/m0/s1. The molecule has 9 atom stereocenters. The van der Waals surface area contributed by atoms with Gasteiger partial charge >= 0.3 is 11.9 Å². The molecule has 0 unspecified atom stereocenters. The average Bonchev–Trinajstić information content (AvgIpc) is 3.28. The molecule has 0 saturated heterocycles. The SMILES string of the molecule is C=CCCC(=O)O/N=C1\CC[C@]2(C)[C@H]3CC[C@@H]4[C@H]5[C@H](C(=C)C)CC[C@]5(C(=O)O)CC[C@@]4(C)[C@]3(C)CC[C@H]2C1(C)C. The smallest absolute Gasteiger partial charge is 0.335 e. The number of carbonyl (C=O) groups is 2. The molecule has 5 heteroatoms. The molecule has 5 fully saturated rings. The van der Waals surface area contributed by atoms with Gasteiger partial charge < -0.3 is 9.94 Å². The average molecular weight is 552 g/mol. The van der Waals surface area contributed by atoms with E-state index in [0.717, 1.165) is 57.1 Å². The van der Waals surface area contributed by atoms with E-state index < -0.39 is 11.4 Å². The molecule has 5 saturated carbocycles. The number of carboxylic acid groups (broad SMARTS) is 1. The maximum absolute atomic E-state index is 12.9. The molecular weight excluding hydrogens is 498 g/mol.